The number of hydrogen-bond donors (Lipinski definition) is 2. The largest absolute Gasteiger partial charge is 0.356 e. The molecule has 5 heteroatoms. The Morgan fingerprint density at radius 1 is 1.30 bits per heavy atom. The number of ketones is 1. The first-order chi connectivity index (χ1) is 9.49. The van der Waals surface area contributed by atoms with Crippen LogP contribution in [-0.4, -0.2) is 48.8 Å². The number of aromatic amines is 1. The Hall–Kier alpha value is -1.62. The molecule has 0 saturated heterocycles. The van der Waals surface area contributed by atoms with Crippen LogP contribution in [0.25, 0.3) is 0 Å². The van der Waals surface area contributed by atoms with Gasteiger partial charge in [0.15, 0.2) is 5.78 Å². The fraction of sp³-hybridized carbons (Fsp3) is 0.600. The first kappa shape index (κ1) is 16.4. The lowest BCUT2D eigenvalue weighted by Gasteiger charge is -2.09. The molecule has 1 aromatic rings. The van der Waals surface area contributed by atoms with Crippen molar-refractivity contribution in [2.24, 2.45) is 5.92 Å². The van der Waals surface area contributed by atoms with Gasteiger partial charge in [0, 0.05) is 30.8 Å². The Morgan fingerprint density at radius 3 is 2.50 bits per heavy atom. The van der Waals surface area contributed by atoms with Gasteiger partial charge in [-0.1, -0.05) is 13.8 Å². The molecule has 0 fully saturated rings. The zero-order valence-electron chi connectivity index (χ0n) is 12.8. The highest BCUT2D eigenvalue weighted by Crippen LogP contribution is 2.16. The van der Waals surface area contributed by atoms with Gasteiger partial charge in [0.05, 0.1) is 0 Å². The minimum Gasteiger partial charge on any atom is -0.356 e. The first-order valence-electron chi connectivity index (χ1n) is 7.15. The molecule has 1 rings (SSSR count). The van der Waals surface area contributed by atoms with Crippen LogP contribution in [-0.2, 0) is 0 Å². The Labute approximate surface area is 120 Å². The van der Waals surface area contributed by atoms with Crippen molar-refractivity contribution >= 4 is 11.7 Å². The Kier molecular flexibility index (Phi) is 6.45. The number of nitrogens with one attached hydrogen (secondary N) is 2. The smallest absolute Gasteiger partial charge is 0.267 e. The first-order valence-corrected chi connectivity index (χ1v) is 7.15. The summed E-state index contributed by atoms with van der Waals surface area (Å²) < 4.78 is 0. The van der Waals surface area contributed by atoms with Gasteiger partial charge in [-0.25, -0.2) is 0 Å². The highest BCUT2D eigenvalue weighted by molar-refractivity contribution is 6.01. The molecule has 0 spiro atoms. The number of hydrogen-bond acceptors (Lipinski definition) is 3. The number of rotatable bonds is 8. The van der Waals surface area contributed by atoms with Gasteiger partial charge in [0.2, 0.25) is 0 Å². The average Bonchev–Trinajstić information content (AvgIpc) is 2.89. The molecule has 2 N–H and O–H groups in total. The lowest BCUT2D eigenvalue weighted by molar-refractivity contribution is 0.0913. The molecule has 0 atom stereocenters. The number of Topliss-reactive ketones (excluding diaryl/α,β-unsaturated/α-hetero) is 1. The molecule has 20 heavy (non-hydrogen) atoms. The Balaban J connectivity index is 2.62. The third-order valence-electron chi connectivity index (χ3n) is 3.41. The van der Waals surface area contributed by atoms with Crippen molar-refractivity contribution in [2.45, 2.75) is 26.7 Å². The summed E-state index contributed by atoms with van der Waals surface area (Å²) in [6.07, 6.45) is 3.28. The second-order valence-corrected chi connectivity index (χ2v) is 5.24. The van der Waals surface area contributed by atoms with Crippen LogP contribution in [0.3, 0.4) is 0 Å². The van der Waals surface area contributed by atoms with Crippen LogP contribution in [0.5, 0.6) is 0 Å². The van der Waals surface area contributed by atoms with Crippen molar-refractivity contribution < 1.29 is 9.59 Å². The summed E-state index contributed by atoms with van der Waals surface area (Å²) in [5.41, 5.74) is 1.04. The molecule has 5 nitrogen and oxygen atoms in total. The van der Waals surface area contributed by atoms with Gasteiger partial charge >= 0.3 is 0 Å². The van der Waals surface area contributed by atoms with E-state index in [9.17, 15) is 9.59 Å². The maximum Gasteiger partial charge on any atom is 0.267 e. The second kappa shape index (κ2) is 7.85. The fourth-order valence-corrected chi connectivity index (χ4v) is 2.05. The molecule has 0 saturated carbocycles. The molecule has 0 radical (unpaired) electrons. The topological polar surface area (TPSA) is 65.2 Å². The van der Waals surface area contributed by atoms with Gasteiger partial charge in [0.1, 0.15) is 5.69 Å². The van der Waals surface area contributed by atoms with Crippen LogP contribution in [0.15, 0.2) is 12.3 Å². The molecule has 0 bridgehead atoms. The van der Waals surface area contributed by atoms with Gasteiger partial charge < -0.3 is 15.2 Å². The van der Waals surface area contributed by atoms with E-state index < -0.39 is 0 Å². The average molecular weight is 279 g/mol. The minimum atomic E-state index is -0.171. The zero-order valence-corrected chi connectivity index (χ0v) is 12.8. The number of aromatic nitrogens is 1. The standard InChI is InChI=1S/C15H25N3O2/c1-5-11(6-2)14(19)12-9-13(17-10-12)15(20)16-7-8-18(3)4/h9-11,17H,5-8H2,1-4H3,(H,16,20). The number of nitrogens with zero attached hydrogens (tertiary/aromatic N) is 1. The monoisotopic (exact) mass is 279 g/mol. The van der Waals surface area contributed by atoms with Crippen molar-refractivity contribution in [3.8, 4) is 0 Å². The molecule has 1 amide bonds. The molecule has 0 aliphatic heterocycles. The summed E-state index contributed by atoms with van der Waals surface area (Å²) in [6, 6.07) is 1.64. The van der Waals surface area contributed by atoms with E-state index in [0.717, 1.165) is 19.4 Å². The van der Waals surface area contributed by atoms with E-state index in [1.807, 2.05) is 32.8 Å². The van der Waals surface area contributed by atoms with E-state index in [1.165, 1.54) is 0 Å². The summed E-state index contributed by atoms with van der Waals surface area (Å²) in [4.78, 5) is 29.0. The molecule has 0 aliphatic rings. The van der Waals surface area contributed by atoms with Crippen molar-refractivity contribution in [3.63, 3.8) is 0 Å². The molecule has 0 aliphatic carbocycles. The van der Waals surface area contributed by atoms with Crippen molar-refractivity contribution in [2.75, 3.05) is 27.2 Å². The molecule has 112 valence electrons. The van der Waals surface area contributed by atoms with E-state index in [2.05, 4.69) is 10.3 Å². The third-order valence-corrected chi connectivity index (χ3v) is 3.41. The Morgan fingerprint density at radius 2 is 1.95 bits per heavy atom. The van der Waals surface area contributed by atoms with Gasteiger partial charge in [-0.15, -0.1) is 0 Å². The van der Waals surface area contributed by atoms with Crippen LogP contribution in [0.1, 0.15) is 47.5 Å². The maximum atomic E-state index is 12.2. The van der Waals surface area contributed by atoms with Gasteiger partial charge in [0.25, 0.3) is 5.91 Å². The lowest BCUT2D eigenvalue weighted by atomic mass is 9.94. The predicted molar refractivity (Wildman–Crippen MR) is 80.1 cm³/mol. The number of amides is 1. The Bertz CT molecular complexity index is 448. The van der Waals surface area contributed by atoms with E-state index in [1.54, 1.807) is 12.3 Å². The normalized spacial score (nSPS) is 11.1. The predicted octanol–water partition coefficient (Wildman–Crippen LogP) is 1.93. The highest BCUT2D eigenvalue weighted by atomic mass is 16.2. The summed E-state index contributed by atoms with van der Waals surface area (Å²) in [7, 11) is 3.90. The van der Waals surface area contributed by atoms with E-state index >= 15 is 0 Å². The van der Waals surface area contributed by atoms with E-state index in [-0.39, 0.29) is 17.6 Å². The van der Waals surface area contributed by atoms with Crippen molar-refractivity contribution in [1.29, 1.82) is 0 Å². The van der Waals surface area contributed by atoms with Crippen molar-refractivity contribution in [1.82, 2.24) is 15.2 Å². The van der Waals surface area contributed by atoms with Gasteiger partial charge in [-0.3, -0.25) is 9.59 Å². The quantitative estimate of drug-likeness (QED) is 0.715. The number of carbonyl (C=O) groups excluding carboxylic acids is 2. The van der Waals surface area contributed by atoms with E-state index in [0.29, 0.717) is 17.8 Å². The SMILES string of the molecule is CCC(CC)C(=O)c1c[nH]c(C(=O)NCCN(C)C)c1. The number of carbonyl (C=O) groups is 2. The maximum absolute atomic E-state index is 12.2. The van der Waals surface area contributed by atoms with Gasteiger partial charge in [-0.05, 0) is 33.0 Å². The van der Waals surface area contributed by atoms with Crippen LogP contribution in [0, 0.1) is 5.92 Å². The summed E-state index contributed by atoms with van der Waals surface area (Å²) >= 11 is 0. The second-order valence-electron chi connectivity index (χ2n) is 5.24. The molecule has 1 heterocycles. The van der Waals surface area contributed by atoms with Crippen LogP contribution in [0.2, 0.25) is 0 Å². The molecule has 1 aromatic heterocycles. The fourth-order valence-electron chi connectivity index (χ4n) is 2.05. The number of H-pyrrole nitrogens is 1. The third kappa shape index (κ3) is 4.49. The molecule has 0 aromatic carbocycles. The highest BCUT2D eigenvalue weighted by Gasteiger charge is 2.19. The summed E-state index contributed by atoms with van der Waals surface area (Å²) in [5.74, 6) is -0.0236. The lowest BCUT2D eigenvalue weighted by Crippen LogP contribution is -2.31. The zero-order chi connectivity index (χ0) is 15.1. The van der Waals surface area contributed by atoms with Crippen LogP contribution >= 0.6 is 0 Å². The molecule has 0 unspecified atom stereocenters. The van der Waals surface area contributed by atoms with Crippen LogP contribution < -0.4 is 5.32 Å². The van der Waals surface area contributed by atoms with Gasteiger partial charge in [-0.2, -0.15) is 0 Å². The summed E-state index contributed by atoms with van der Waals surface area (Å²) in [5, 5.41) is 2.82. The minimum absolute atomic E-state index is 0.0375. The molecular weight excluding hydrogens is 254 g/mol. The number of likely N-dealkylation sites (N-methyl/N-ethyl adjacent to an activating group) is 1. The van der Waals surface area contributed by atoms with E-state index in [4.69, 9.17) is 0 Å². The van der Waals surface area contributed by atoms with Crippen LogP contribution in [0.4, 0.5) is 0 Å². The summed E-state index contributed by atoms with van der Waals surface area (Å²) in [6.45, 7) is 5.38. The molecular formula is C15H25N3O2. The van der Waals surface area contributed by atoms with Crippen molar-refractivity contribution in [3.05, 3.63) is 23.5 Å².